The third kappa shape index (κ3) is 4.16. The van der Waals surface area contributed by atoms with Crippen LogP contribution in [0.5, 0.6) is 5.75 Å². The van der Waals surface area contributed by atoms with Crippen molar-refractivity contribution < 1.29 is 4.74 Å². The largest absolute Gasteiger partial charge is 0.494 e. The highest BCUT2D eigenvalue weighted by atomic mass is 35.5. The molecule has 2 N–H and O–H groups in total. The van der Waals surface area contributed by atoms with Gasteiger partial charge in [-0.2, -0.15) is 0 Å². The van der Waals surface area contributed by atoms with Crippen molar-refractivity contribution >= 4 is 23.2 Å². The van der Waals surface area contributed by atoms with Crippen molar-refractivity contribution in [1.82, 2.24) is 0 Å². The van der Waals surface area contributed by atoms with Gasteiger partial charge in [0.15, 0.2) is 0 Å². The second-order valence-electron chi connectivity index (χ2n) is 5.32. The van der Waals surface area contributed by atoms with Crippen LogP contribution >= 0.6 is 23.2 Å². The Kier molecular flexibility index (Phi) is 6.13. The van der Waals surface area contributed by atoms with Gasteiger partial charge in [0.25, 0.3) is 0 Å². The molecule has 1 atom stereocenters. The van der Waals surface area contributed by atoms with Crippen LogP contribution in [0, 0.1) is 6.92 Å². The molecule has 22 heavy (non-hydrogen) atoms. The molecule has 0 bridgehead atoms. The zero-order valence-electron chi connectivity index (χ0n) is 12.9. The van der Waals surface area contributed by atoms with Crippen LogP contribution in [0.1, 0.15) is 29.5 Å². The van der Waals surface area contributed by atoms with Crippen LogP contribution in [-0.4, -0.2) is 13.2 Å². The molecule has 0 saturated carbocycles. The monoisotopic (exact) mass is 337 g/mol. The fourth-order valence-electron chi connectivity index (χ4n) is 2.64. The second kappa shape index (κ2) is 7.87. The first-order valence-corrected chi connectivity index (χ1v) is 8.18. The Morgan fingerprint density at radius 3 is 2.50 bits per heavy atom. The van der Waals surface area contributed by atoms with E-state index < -0.39 is 0 Å². The van der Waals surface area contributed by atoms with Crippen LogP contribution in [0.25, 0.3) is 0 Å². The third-order valence-electron chi connectivity index (χ3n) is 3.76. The van der Waals surface area contributed by atoms with Gasteiger partial charge in [-0.15, -0.1) is 0 Å². The zero-order chi connectivity index (χ0) is 16.1. The molecule has 0 aliphatic carbocycles. The van der Waals surface area contributed by atoms with Crippen LogP contribution in [0.4, 0.5) is 0 Å². The molecule has 0 amide bonds. The van der Waals surface area contributed by atoms with Gasteiger partial charge in [0.05, 0.1) is 6.61 Å². The van der Waals surface area contributed by atoms with E-state index in [1.54, 1.807) is 6.07 Å². The van der Waals surface area contributed by atoms with Gasteiger partial charge in [-0.05, 0) is 67.8 Å². The molecule has 0 saturated heterocycles. The van der Waals surface area contributed by atoms with E-state index in [4.69, 9.17) is 33.7 Å². The highest BCUT2D eigenvalue weighted by Gasteiger charge is 2.15. The summed E-state index contributed by atoms with van der Waals surface area (Å²) in [6, 6.07) is 11.8. The quantitative estimate of drug-likeness (QED) is 0.806. The van der Waals surface area contributed by atoms with Gasteiger partial charge in [-0.3, -0.25) is 0 Å². The molecule has 118 valence electrons. The Bertz CT molecular complexity index is 643. The number of hydrogen-bond donors (Lipinski definition) is 1. The molecule has 2 aromatic rings. The first-order chi connectivity index (χ1) is 10.5. The number of nitrogens with two attached hydrogens (primary N) is 1. The molecular formula is C18H21Cl2NO. The Morgan fingerprint density at radius 1 is 1.14 bits per heavy atom. The SMILES string of the molecule is CCOc1ccc(C(CN)Cc2ccc(Cl)cc2Cl)c(C)c1. The minimum absolute atomic E-state index is 0.217. The Balaban J connectivity index is 2.24. The molecule has 0 aromatic heterocycles. The van der Waals surface area contributed by atoms with Gasteiger partial charge >= 0.3 is 0 Å². The second-order valence-corrected chi connectivity index (χ2v) is 6.17. The lowest BCUT2D eigenvalue weighted by atomic mass is 9.89. The molecule has 2 aromatic carbocycles. The van der Waals surface area contributed by atoms with Gasteiger partial charge in [0.1, 0.15) is 5.75 Å². The van der Waals surface area contributed by atoms with Gasteiger partial charge < -0.3 is 10.5 Å². The normalized spacial score (nSPS) is 12.2. The Hall–Kier alpha value is -1.22. The van der Waals surface area contributed by atoms with E-state index in [1.165, 1.54) is 11.1 Å². The van der Waals surface area contributed by atoms with Crippen LogP contribution in [-0.2, 0) is 6.42 Å². The molecule has 0 radical (unpaired) electrons. The lowest BCUT2D eigenvalue weighted by Crippen LogP contribution is -2.16. The van der Waals surface area contributed by atoms with Crippen LogP contribution in [0.3, 0.4) is 0 Å². The summed E-state index contributed by atoms with van der Waals surface area (Å²) in [6.07, 6.45) is 0.793. The van der Waals surface area contributed by atoms with E-state index in [0.29, 0.717) is 23.2 Å². The molecule has 0 heterocycles. The van der Waals surface area contributed by atoms with Gasteiger partial charge in [0.2, 0.25) is 0 Å². The molecule has 4 heteroatoms. The van der Waals surface area contributed by atoms with Crippen molar-refractivity contribution in [1.29, 1.82) is 0 Å². The summed E-state index contributed by atoms with van der Waals surface area (Å²) in [5.41, 5.74) is 9.48. The summed E-state index contributed by atoms with van der Waals surface area (Å²) in [6.45, 7) is 5.30. The van der Waals surface area contributed by atoms with E-state index in [2.05, 4.69) is 19.1 Å². The third-order valence-corrected chi connectivity index (χ3v) is 4.34. The molecule has 2 rings (SSSR count). The number of hydrogen-bond acceptors (Lipinski definition) is 2. The van der Waals surface area contributed by atoms with Crippen molar-refractivity contribution in [2.24, 2.45) is 5.73 Å². The minimum Gasteiger partial charge on any atom is -0.494 e. The van der Waals surface area contributed by atoms with E-state index in [9.17, 15) is 0 Å². The summed E-state index contributed by atoms with van der Waals surface area (Å²) in [5.74, 6) is 1.11. The highest BCUT2D eigenvalue weighted by Crippen LogP contribution is 2.30. The summed E-state index contributed by atoms with van der Waals surface area (Å²) in [4.78, 5) is 0. The number of halogens is 2. The minimum atomic E-state index is 0.217. The van der Waals surface area contributed by atoms with Crippen LogP contribution in [0.15, 0.2) is 36.4 Å². The first-order valence-electron chi connectivity index (χ1n) is 7.42. The van der Waals surface area contributed by atoms with E-state index >= 15 is 0 Å². The lowest BCUT2D eigenvalue weighted by Gasteiger charge is -2.19. The topological polar surface area (TPSA) is 35.2 Å². The molecule has 0 aliphatic heterocycles. The average Bonchev–Trinajstić information content (AvgIpc) is 2.48. The van der Waals surface area contributed by atoms with E-state index in [-0.39, 0.29) is 5.92 Å². The first kappa shape index (κ1) is 17.1. The number of benzene rings is 2. The van der Waals surface area contributed by atoms with Crippen LogP contribution in [0.2, 0.25) is 10.0 Å². The fraction of sp³-hybridized carbons (Fsp3) is 0.333. The summed E-state index contributed by atoms with van der Waals surface area (Å²) < 4.78 is 5.54. The van der Waals surface area contributed by atoms with Gasteiger partial charge in [-0.25, -0.2) is 0 Å². The zero-order valence-corrected chi connectivity index (χ0v) is 14.4. The van der Waals surface area contributed by atoms with E-state index in [1.807, 2.05) is 25.1 Å². The smallest absolute Gasteiger partial charge is 0.119 e. The van der Waals surface area contributed by atoms with Crippen molar-refractivity contribution in [3.8, 4) is 5.75 Å². The number of aryl methyl sites for hydroxylation is 1. The standard InChI is InChI=1S/C18H21Cl2NO/c1-3-22-16-6-7-17(12(2)8-16)14(11-21)9-13-4-5-15(19)10-18(13)20/h4-8,10,14H,3,9,11,21H2,1-2H3. The van der Waals surface area contributed by atoms with Crippen LogP contribution < -0.4 is 10.5 Å². The fourth-order valence-corrected chi connectivity index (χ4v) is 3.12. The van der Waals surface area contributed by atoms with Crippen molar-refractivity contribution in [3.63, 3.8) is 0 Å². The lowest BCUT2D eigenvalue weighted by molar-refractivity contribution is 0.340. The van der Waals surface area contributed by atoms with Crippen molar-refractivity contribution in [2.75, 3.05) is 13.2 Å². The molecule has 2 nitrogen and oxygen atoms in total. The highest BCUT2D eigenvalue weighted by molar-refractivity contribution is 6.35. The average molecular weight is 338 g/mol. The summed E-state index contributed by atoms with van der Waals surface area (Å²) in [5, 5.41) is 1.34. The number of rotatable bonds is 6. The maximum absolute atomic E-state index is 6.28. The summed E-state index contributed by atoms with van der Waals surface area (Å²) >= 11 is 12.2. The van der Waals surface area contributed by atoms with Gasteiger partial charge in [-0.1, -0.05) is 35.3 Å². The molecule has 1 unspecified atom stereocenters. The Morgan fingerprint density at radius 2 is 1.91 bits per heavy atom. The van der Waals surface area contributed by atoms with Crippen molar-refractivity contribution in [3.05, 3.63) is 63.1 Å². The molecule has 0 fully saturated rings. The molecule has 0 aliphatic rings. The maximum Gasteiger partial charge on any atom is 0.119 e. The molecule has 0 spiro atoms. The van der Waals surface area contributed by atoms with Gasteiger partial charge in [0, 0.05) is 16.0 Å². The molecular weight excluding hydrogens is 317 g/mol. The summed E-state index contributed by atoms with van der Waals surface area (Å²) in [7, 11) is 0. The predicted molar refractivity (Wildman–Crippen MR) is 94.3 cm³/mol. The van der Waals surface area contributed by atoms with E-state index in [0.717, 1.165) is 17.7 Å². The van der Waals surface area contributed by atoms with Crippen molar-refractivity contribution in [2.45, 2.75) is 26.2 Å². The maximum atomic E-state index is 6.28. The number of ether oxygens (including phenoxy) is 1. The predicted octanol–water partition coefficient (Wildman–Crippen LogP) is 4.99. The Labute approximate surface area is 142 Å².